The zero-order chi connectivity index (χ0) is 27.2. The molecule has 1 aliphatic rings. The van der Waals surface area contributed by atoms with Gasteiger partial charge in [0.25, 0.3) is 0 Å². The van der Waals surface area contributed by atoms with Gasteiger partial charge < -0.3 is 14.4 Å². The lowest BCUT2D eigenvalue weighted by atomic mass is 10.0. The minimum atomic E-state index is -0.217. The molecule has 200 valence electrons. The van der Waals surface area contributed by atoms with Crippen molar-refractivity contribution in [1.82, 2.24) is 29.3 Å². The summed E-state index contributed by atoms with van der Waals surface area (Å²) in [5.41, 5.74) is 4.38. The Bertz CT molecular complexity index is 1450. The van der Waals surface area contributed by atoms with Crippen LogP contribution in [0.5, 0.6) is 11.6 Å². The fraction of sp³-hybridized carbons (Fsp3) is 0.448. The van der Waals surface area contributed by atoms with E-state index >= 15 is 0 Å². The van der Waals surface area contributed by atoms with E-state index in [-0.39, 0.29) is 29.5 Å². The Morgan fingerprint density at radius 1 is 1.05 bits per heavy atom. The van der Waals surface area contributed by atoms with Crippen molar-refractivity contribution in [3.8, 4) is 22.9 Å². The summed E-state index contributed by atoms with van der Waals surface area (Å²) in [6, 6.07) is 7.85. The second-order valence-electron chi connectivity index (χ2n) is 11.2. The molecule has 3 aromatic heterocycles. The highest BCUT2D eigenvalue weighted by molar-refractivity contribution is 5.79. The van der Waals surface area contributed by atoms with Crippen LogP contribution in [0.1, 0.15) is 58.2 Å². The molecule has 0 spiro atoms. The predicted octanol–water partition coefficient (Wildman–Crippen LogP) is 5.04. The number of hydrogen-bond donors (Lipinski definition) is 0. The van der Waals surface area contributed by atoms with Crippen molar-refractivity contribution in [2.45, 2.75) is 65.6 Å². The number of hydrogen-bond acceptors (Lipinski definition) is 6. The first-order valence-corrected chi connectivity index (χ1v) is 13.1. The van der Waals surface area contributed by atoms with E-state index in [1.807, 2.05) is 77.0 Å². The number of methoxy groups -OCH3 is 1. The fourth-order valence-electron chi connectivity index (χ4n) is 4.95. The highest BCUT2D eigenvalue weighted by Gasteiger charge is 2.37. The van der Waals surface area contributed by atoms with E-state index in [9.17, 15) is 4.79 Å². The zero-order valence-electron chi connectivity index (χ0n) is 23.2. The second kappa shape index (κ2) is 9.78. The molecule has 0 bridgehead atoms. The van der Waals surface area contributed by atoms with E-state index in [1.54, 1.807) is 7.11 Å². The van der Waals surface area contributed by atoms with E-state index in [0.29, 0.717) is 18.8 Å². The topological polar surface area (TPSA) is 86.8 Å². The molecule has 1 fully saturated rings. The molecule has 1 saturated heterocycles. The molecule has 38 heavy (non-hydrogen) atoms. The smallest absolute Gasteiger partial charge is 0.241 e. The molecule has 0 radical (unpaired) electrons. The van der Waals surface area contributed by atoms with Crippen molar-refractivity contribution >= 4 is 11.4 Å². The third-order valence-corrected chi connectivity index (χ3v) is 7.43. The molecule has 1 aliphatic heterocycles. The van der Waals surface area contributed by atoms with E-state index in [2.05, 4.69) is 37.9 Å². The first-order valence-electron chi connectivity index (χ1n) is 13.1. The third-order valence-electron chi connectivity index (χ3n) is 7.43. The molecule has 9 nitrogen and oxygen atoms in total. The number of aryl methyl sites for hydroxylation is 1. The van der Waals surface area contributed by atoms with Gasteiger partial charge in [-0.1, -0.05) is 12.1 Å². The van der Waals surface area contributed by atoms with Gasteiger partial charge in [-0.05, 0) is 59.2 Å². The Hall–Kier alpha value is -3.88. The number of likely N-dealkylation sites (tertiary alicyclic amines) is 1. The summed E-state index contributed by atoms with van der Waals surface area (Å²) in [5.74, 6) is 1.49. The third kappa shape index (κ3) is 4.85. The van der Waals surface area contributed by atoms with Crippen LogP contribution in [0.2, 0.25) is 0 Å². The number of fused-ring (bicyclic) bond motifs is 1. The molecule has 3 atom stereocenters. The fourth-order valence-corrected chi connectivity index (χ4v) is 4.95. The molecule has 0 saturated carbocycles. The van der Waals surface area contributed by atoms with Crippen molar-refractivity contribution < 1.29 is 14.3 Å². The van der Waals surface area contributed by atoms with Gasteiger partial charge in [-0.25, -0.2) is 9.50 Å². The van der Waals surface area contributed by atoms with Crippen LogP contribution < -0.4 is 9.47 Å². The predicted molar refractivity (Wildman–Crippen MR) is 145 cm³/mol. The SMILES string of the molecule is COc1ccc(C(C)N2C[C@H](C(C)Oc3nc(-c4cnn(C(C)(C)C)c4)cn4ncc(C)c34)CC2=O)cc1. The Labute approximate surface area is 223 Å². The van der Waals surface area contributed by atoms with Crippen LogP contribution in [0.25, 0.3) is 16.8 Å². The molecule has 1 aromatic carbocycles. The first-order chi connectivity index (χ1) is 18.0. The van der Waals surface area contributed by atoms with Gasteiger partial charge in [-0.15, -0.1) is 0 Å². The van der Waals surface area contributed by atoms with E-state index in [0.717, 1.165) is 33.7 Å². The van der Waals surface area contributed by atoms with Crippen LogP contribution in [-0.2, 0) is 10.3 Å². The van der Waals surface area contributed by atoms with E-state index in [4.69, 9.17) is 14.5 Å². The van der Waals surface area contributed by atoms with Gasteiger partial charge in [0.05, 0.1) is 43.0 Å². The van der Waals surface area contributed by atoms with Crippen molar-refractivity contribution in [2.75, 3.05) is 13.7 Å². The standard InChI is InChI=1S/C29H36N6O3/c1-18-13-30-34-17-25(23-14-31-35(16-23)29(4,5)6)32-28(27(18)34)38-20(3)22-12-26(36)33(15-22)19(2)21-8-10-24(37-7)11-9-21/h8-11,13-14,16-17,19-20,22H,12,15H2,1-7H3/t19?,20?,22-/m1/s1. The lowest BCUT2D eigenvalue weighted by molar-refractivity contribution is -0.129. The minimum Gasteiger partial charge on any atom is -0.497 e. The highest BCUT2D eigenvalue weighted by atomic mass is 16.5. The van der Waals surface area contributed by atoms with Gasteiger partial charge in [-0.3, -0.25) is 9.48 Å². The number of carbonyl (C=O) groups is 1. The van der Waals surface area contributed by atoms with Crippen molar-refractivity contribution in [3.63, 3.8) is 0 Å². The molecular formula is C29H36N6O3. The average Bonchev–Trinajstić information content (AvgIpc) is 3.62. The van der Waals surface area contributed by atoms with E-state index < -0.39 is 0 Å². The molecule has 5 rings (SSSR count). The Balaban J connectivity index is 1.37. The number of ether oxygens (including phenoxy) is 2. The number of carbonyl (C=O) groups excluding carboxylic acids is 1. The largest absolute Gasteiger partial charge is 0.497 e. The Morgan fingerprint density at radius 2 is 1.79 bits per heavy atom. The monoisotopic (exact) mass is 516 g/mol. The average molecular weight is 517 g/mol. The summed E-state index contributed by atoms with van der Waals surface area (Å²) in [4.78, 5) is 19.9. The molecule has 0 aliphatic carbocycles. The number of benzene rings is 1. The Morgan fingerprint density at radius 3 is 2.45 bits per heavy atom. The van der Waals surface area contributed by atoms with Gasteiger partial charge in [0.2, 0.25) is 11.8 Å². The van der Waals surface area contributed by atoms with Crippen LogP contribution in [0, 0.1) is 12.8 Å². The van der Waals surface area contributed by atoms with Crippen LogP contribution in [0.3, 0.4) is 0 Å². The zero-order valence-corrected chi connectivity index (χ0v) is 23.2. The summed E-state index contributed by atoms with van der Waals surface area (Å²) in [6.45, 7) is 13.0. The summed E-state index contributed by atoms with van der Waals surface area (Å²) in [5, 5.41) is 9.04. The summed E-state index contributed by atoms with van der Waals surface area (Å²) in [7, 11) is 1.65. The highest BCUT2D eigenvalue weighted by Crippen LogP contribution is 2.34. The van der Waals surface area contributed by atoms with Crippen LogP contribution in [0.15, 0.2) is 49.1 Å². The maximum atomic E-state index is 13.0. The van der Waals surface area contributed by atoms with Crippen LogP contribution in [0.4, 0.5) is 0 Å². The number of nitrogens with zero attached hydrogens (tertiary/aromatic N) is 6. The van der Waals surface area contributed by atoms with Gasteiger partial charge in [-0.2, -0.15) is 10.2 Å². The quantitative estimate of drug-likeness (QED) is 0.342. The molecule has 4 aromatic rings. The minimum absolute atomic E-state index is 0.0322. The Kier molecular flexibility index (Phi) is 6.63. The molecule has 0 N–H and O–H groups in total. The number of aromatic nitrogens is 5. The molecular weight excluding hydrogens is 480 g/mol. The lowest BCUT2D eigenvalue weighted by Crippen LogP contribution is -2.31. The maximum absolute atomic E-state index is 13.0. The van der Waals surface area contributed by atoms with Crippen molar-refractivity contribution in [1.29, 1.82) is 0 Å². The first kappa shape index (κ1) is 25.8. The lowest BCUT2D eigenvalue weighted by Gasteiger charge is -2.26. The second-order valence-corrected chi connectivity index (χ2v) is 11.2. The molecule has 1 amide bonds. The normalized spacial score (nSPS) is 17.7. The van der Waals surface area contributed by atoms with Crippen LogP contribution >= 0.6 is 0 Å². The van der Waals surface area contributed by atoms with Gasteiger partial charge in [0.15, 0.2) is 0 Å². The molecule has 2 unspecified atom stereocenters. The molecule has 4 heterocycles. The van der Waals surface area contributed by atoms with Gasteiger partial charge in [0, 0.05) is 36.2 Å². The van der Waals surface area contributed by atoms with Gasteiger partial charge in [0.1, 0.15) is 17.4 Å². The molecule has 9 heteroatoms. The number of rotatable bonds is 7. The summed E-state index contributed by atoms with van der Waals surface area (Å²) >= 11 is 0. The summed E-state index contributed by atoms with van der Waals surface area (Å²) in [6.07, 6.45) is 7.75. The van der Waals surface area contributed by atoms with Gasteiger partial charge >= 0.3 is 0 Å². The maximum Gasteiger partial charge on any atom is 0.241 e. The van der Waals surface area contributed by atoms with Crippen molar-refractivity contribution in [3.05, 3.63) is 60.2 Å². The number of amides is 1. The van der Waals surface area contributed by atoms with Crippen molar-refractivity contribution in [2.24, 2.45) is 5.92 Å². The summed E-state index contributed by atoms with van der Waals surface area (Å²) < 4.78 is 15.5. The van der Waals surface area contributed by atoms with E-state index in [1.165, 1.54) is 0 Å². The van der Waals surface area contributed by atoms with Crippen LogP contribution in [-0.4, -0.2) is 54.9 Å².